The molecule has 7 heteroatoms. The van der Waals surface area contributed by atoms with E-state index in [2.05, 4.69) is 17.1 Å². The van der Waals surface area contributed by atoms with Crippen molar-refractivity contribution in [2.75, 3.05) is 38.2 Å². The Hall–Kier alpha value is -2.67. The predicted molar refractivity (Wildman–Crippen MR) is 111 cm³/mol. The molecule has 1 unspecified atom stereocenters. The zero-order valence-corrected chi connectivity index (χ0v) is 17.1. The second kappa shape index (κ2) is 8.37. The molecular formula is C22H28N4O3. The molecule has 1 aliphatic carbocycles. The lowest BCUT2D eigenvalue weighted by Gasteiger charge is -2.35. The summed E-state index contributed by atoms with van der Waals surface area (Å²) in [4.78, 5) is 33.1. The van der Waals surface area contributed by atoms with Crippen LogP contribution in [-0.4, -0.2) is 59.8 Å². The van der Waals surface area contributed by atoms with E-state index in [-0.39, 0.29) is 17.6 Å². The molecule has 29 heavy (non-hydrogen) atoms. The highest BCUT2D eigenvalue weighted by Gasteiger charge is 2.27. The number of ether oxygens (including phenoxy) is 1. The van der Waals surface area contributed by atoms with Crippen molar-refractivity contribution in [3.63, 3.8) is 0 Å². The number of amides is 1. The number of hydrogen-bond acceptors (Lipinski definition) is 5. The van der Waals surface area contributed by atoms with Crippen LogP contribution in [0.3, 0.4) is 0 Å². The van der Waals surface area contributed by atoms with Crippen LogP contribution in [-0.2, 0) is 11.8 Å². The van der Waals surface area contributed by atoms with Crippen molar-refractivity contribution in [1.29, 1.82) is 0 Å². The fraction of sp³-hybridized carbons (Fsp3) is 0.500. The largest absolute Gasteiger partial charge is 0.373 e. The van der Waals surface area contributed by atoms with Crippen molar-refractivity contribution in [2.24, 2.45) is 7.05 Å². The highest BCUT2D eigenvalue weighted by atomic mass is 16.5. The molecule has 154 valence electrons. The number of rotatable bonds is 5. The first kappa shape index (κ1) is 19.6. The second-order valence-corrected chi connectivity index (χ2v) is 8.04. The van der Waals surface area contributed by atoms with Gasteiger partial charge in [0, 0.05) is 51.7 Å². The lowest BCUT2D eigenvalue weighted by molar-refractivity contribution is -0.0172. The average molecular weight is 396 g/mol. The number of nitrogens with zero attached hydrogens (tertiary/aromatic N) is 4. The van der Waals surface area contributed by atoms with Crippen LogP contribution in [0.25, 0.3) is 0 Å². The van der Waals surface area contributed by atoms with E-state index in [0.29, 0.717) is 38.0 Å². The Morgan fingerprint density at radius 3 is 2.72 bits per heavy atom. The Morgan fingerprint density at radius 2 is 2.03 bits per heavy atom. The molecule has 0 spiro atoms. The second-order valence-electron chi connectivity index (χ2n) is 8.04. The van der Waals surface area contributed by atoms with Gasteiger partial charge < -0.3 is 19.1 Å². The molecule has 2 fully saturated rings. The van der Waals surface area contributed by atoms with Crippen molar-refractivity contribution in [3.8, 4) is 0 Å². The molecule has 1 aromatic carbocycles. The number of morpholine rings is 1. The summed E-state index contributed by atoms with van der Waals surface area (Å²) < 4.78 is 7.36. The highest BCUT2D eigenvalue weighted by Crippen LogP contribution is 2.36. The zero-order valence-electron chi connectivity index (χ0n) is 17.1. The Morgan fingerprint density at radius 1 is 1.28 bits per heavy atom. The first-order valence-electron chi connectivity index (χ1n) is 10.3. The van der Waals surface area contributed by atoms with Gasteiger partial charge in [-0.15, -0.1) is 0 Å². The summed E-state index contributed by atoms with van der Waals surface area (Å²) in [7, 11) is 3.53. The van der Waals surface area contributed by atoms with Crippen LogP contribution in [0.2, 0.25) is 0 Å². The van der Waals surface area contributed by atoms with E-state index >= 15 is 0 Å². The number of carbonyl (C=O) groups excluding carboxylic acids is 1. The van der Waals surface area contributed by atoms with E-state index in [4.69, 9.17) is 4.74 Å². The van der Waals surface area contributed by atoms with Crippen LogP contribution in [0.1, 0.15) is 41.1 Å². The van der Waals surface area contributed by atoms with Gasteiger partial charge in [-0.25, -0.2) is 4.98 Å². The Labute approximate surface area is 170 Å². The quantitative estimate of drug-likeness (QED) is 0.774. The lowest BCUT2D eigenvalue weighted by atomic mass is 9.80. The number of carbonyl (C=O) groups is 1. The van der Waals surface area contributed by atoms with Crippen LogP contribution in [0, 0.1) is 0 Å². The molecule has 0 N–H and O–H groups in total. The van der Waals surface area contributed by atoms with Crippen molar-refractivity contribution >= 4 is 11.7 Å². The molecule has 4 rings (SSSR count). The normalized spacial score (nSPS) is 19.7. The first-order chi connectivity index (χ1) is 14.0. The minimum absolute atomic E-state index is 0.0369. The number of anilines is 1. The van der Waals surface area contributed by atoms with Gasteiger partial charge in [-0.1, -0.05) is 18.6 Å². The summed E-state index contributed by atoms with van der Waals surface area (Å²) in [6, 6.07) is 8.09. The maximum Gasteiger partial charge on any atom is 0.293 e. The number of benzene rings is 1. The van der Waals surface area contributed by atoms with Crippen molar-refractivity contribution in [1.82, 2.24) is 14.5 Å². The molecule has 0 bridgehead atoms. The van der Waals surface area contributed by atoms with Crippen molar-refractivity contribution < 1.29 is 9.53 Å². The molecule has 2 aliphatic rings. The van der Waals surface area contributed by atoms with Gasteiger partial charge in [0.15, 0.2) is 5.82 Å². The van der Waals surface area contributed by atoms with Gasteiger partial charge in [-0.05, 0) is 36.5 Å². The zero-order chi connectivity index (χ0) is 20.4. The van der Waals surface area contributed by atoms with Gasteiger partial charge in [-0.2, -0.15) is 0 Å². The first-order valence-corrected chi connectivity index (χ1v) is 10.3. The molecule has 1 atom stereocenters. The number of likely N-dealkylation sites (N-methyl/N-ethyl adjacent to an activating group) is 1. The van der Waals surface area contributed by atoms with E-state index < -0.39 is 0 Å². The monoisotopic (exact) mass is 396 g/mol. The Bertz CT molecular complexity index is 920. The molecule has 1 saturated carbocycles. The number of aryl methyl sites for hydroxylation is 1. The maximum atomic E-state index is 13.0. The Kier molecular flexibility index (Phi) is 5.67. The van der Waals surface area contributed by atoms with Crippen LogP contribution < -0.4 is 10.5 Å². The summed E-state index contributed by atoms with van der Waals surface area (Å²) >= 11 is 0. The van der Waals surface area contributed by atoms with Gasteiger partial charge >= 0.3 is 0 Å². The van der Waals surface area contributed by atoms with Crippen LogP contribution >= 0.6 is 0 Å². The SMILES string of the molecule is CN(CC1CN(C(=O)c2ccc(C3CCC3)cc2)CCO1)c1nccn(C)c1=O. The van der Waals surface area contributed by atoms with Crippen LogP contribution in [0.5, 0.6) is 0 Å². The minimum atomic E-state index is -0.168. The number of aromatic nitrogens is 2. The van der Waals surface area contributed by atoms with Crippen molar-refractivity contribution in [3.05, 3.63) is 58.1 Å². The summed E-state index contributed by atoms with van der Waals surface area (Å²) in [6.45, 7) is 2.07. The van der Waals surface area contributed by atoms with Crippen LogP contribution in [0.15, 0.2) is 41.5 Å². The average Bonchev–Trinajstić information content (AvgIpc) is 2.69. The third-order valence-corrected chi connectivity index (χ3v) is 6.00. The van der Waals surface area contributed by atoms with Gasteiger partial charge in [0.2, 0.25) is 0 Å². The maximum absolute atomic E-state index is 13.0. The molecule has 0 radical (unpaired) electrons. The van der Waals surface area contributed by atoms with Gasteiger partial charge in [0.25, 0.3) is 11.5 Å². The van der Waals surface area contributed by atoms with Gasteiger partial charge in [0.05, 0.1) is 12.7 Å². The van der Waals surface area contributed by atoms with E-state index in [1.54, 1.807) is 24.3 Å². The molecular weight excluding hydrogens is 368 g/mol. The van der Waals surface area contributed by atoms with Crippen LogP contribution in [0.4, 0.5) is 5.82 Å². The van der Waals surface area contributed by atoms with Gasteiger partial charge in [-0.3, -0.25) is 9.59 Å². The topological polar surface area (TPSA) is 67.7 Å². The molecule has 2 heterocycles. The van der Waals surface area contributed by atoms with E-state index in [1.165, 1.54) is 29.4 Å². The minimum Gasteiger partial charge on any atom is -0.373 e. The third-order valence-electron chi connectivity index (χ3n) is 6.00. The van der Waals surface area contributed by atoms with Gasteiger partial charge in [0.1, 0.15) is 0 Å². The standard InChI is InChI=1S/C22H28N4O3/c1-24-11-10-23-20(22(24)28)25(2)14-19-15-26(12-13-29-19)21(27)18-8-6-17(7-9-18)16-4-3-5-16/h6-11,16,19H,3-5,12-15H2,1-2H3. The summed E-state index contributed by atoms with van der Waals surface area (Å²) in [6.07, 6.45) is 6.89. The van der Waals surface area contributed by atoms with Crippen molar-refractivity contribution in [2.45, 2.75) is 31.3 Å². The lowest BCUT2D eigenvalue weighted by Crippen LogP contribution is -2.49. The molecule has 7 nitrogen and oxygen atoms in total. The summed E-state index contributed by atoms with van der Waals surface area (Å²) in [5, 5.41) is 0. The predicted octanol–water partition coefficient (Wildman–Crippen LogP) is 2.03. The Balaban J connectivity index is 1.39. The fourth-order valence-corrected chi connectivity index (χ4v) is 3.97. The van der Waals surface area contributed by atoms with E-state index in [9.17, 15) is 9.59 Å². The highest BCUT2D eigenvalue weighted by molar-refractivity contribution is 5.94. The molecule has 1 saturated heterocycles. The van der Waals surface area contributed by atoms with E-state index in [1.807, 2.05) is 24.1 Å². The third kappa shape index (κ3) is 4.19. The summed E-state index contributed by atoms with van der Waals surface area (Å²) in [5.74, 6) is 1.09. The smallest absolute Gasteiger partial charge is 0.293 e. The molecule has 2 aromatic rings. The molecule has 1 aromatic heterocycles. The molecule has 1 amide bonds. The number of hydrogen-bond donors (Lipinski definition) is 0. The molecule has 1 aliphatic heterocycles. The van der Waals surface area contributed by atoms with E-state index in [0.717, 1.165) is 5.56 Å². The summed E-state index contributed by atoms with van der Waals surface area (Å²) in [5.41, 5.74) is 1.91. The fourth-order valence-electron chi connectivity index (χ4n) is 3.97.